The Morgan fingerprint density at radius 1 is 1.00 bits per heavy atom. The molecule has 0 atom stereocenters. The Bertz CT molecular complexity index is 449. The van der Waals surface area contributed by atoms with Crippen LogP contribution < -0.4 is 0 Å². The molecule has 0 unspecified atom stereocenters. The number of benzene rings is 2. The summed E-state index contributed by atoms with van der Waals surface area (Å²) < 4.78 is 0. The summed E-state index contributed by atoms with van der Waals surface area (Å²) in [4.78, 5) is 0. The summed E-state index contributed by atoms with van der Waals surface area (Å²) in [6.45, 7) is 3.75. The lowest BCUT2D eigenvalue weighted by Crippen LogP contribution is -1.86. The van der Waals surface area contributed by atoms with Gasteiger partial charge in [0.2, 0.25) is 0 Å². The predicted octanol–water partition coefficient (Wildman–Crippen LogP) is 4.35. The fourth-order valence-electron chi connectivity index (χ4n) is 1.95. The van der Waals surface area contributed by atoms with Gasteiger partial charge in [-0.3, -0.25) is 0 Å². The minimum absolute atomic E-state index is 1.10. The number of rotatable bonds is 4. The maximum absolute atomic E-state index is 3.75. The number of aryl methyl sites for hydroxylation is 1. The average molecular weight is 196 g/mol. The van der Waals surface area contributed by atoms with Gasteiger partial charge in [0, 0.05) is 0 Å². The second-order valence-electron chi connectivity index (χ2n) is 3.82. The minimum Gasteiger partial charge on any atom is -0.103 e. The molecule has 0 amide bonds. The zero-order valence-electron chi connectivity index (χ0n) is 8.95. The lowest BCUT2D eigenvalue weighted by molar-refractivity contribution is 0.849. The molecule has 0 aromatic heterocycles. The van der Waals surface area contributed by atoms with E-state index in [1.807, 2.05) is 6.08 Å². The van der Waals surface area contributed by atoms with Gasteiger partial charge in [0.1, 0.15) is 0 Å². The van der Waals surface area contributed by atoms with E-state index in [4.69, 9.17) is 0 Å². The van der Waals surface area contributed by atoms with Gasteiger partial charge in [-0.25, -0.2) is 0 Å². The Kier molecular flexibility index (Phi) is 3.18. The van der Waals surface area contributed by atoms with Crippen molar-refractivity contribution in [2.75, 3.05) is 0 Å². The molecule has 2 rings (SSSR count). The number of allylic oxidation sites excluding steroid dienone is 1. The Morgan fingerprint density at radius 3 is 2.67 bits per heavy atom. The fraction of sp³-hybridized carbons (Fsp3) is 0.200. The highest BCUT2D eigenvalue weighted by Crippen LogP contribution is 2.19. The van der Waals surface area contributed by atoms with Crippen LogP contribution in [0.2, 0.25) is 0 Å². The van der Waals surface area contributed by atoms with Crippen molar-refractivity contribution in [1.29, 1.82) is 0 Å². The fourth-order valence-corrected chi connectivity index (χ4v) is 1.95. The molecule has 0 nitrogen and oxygen atoms in total. The zero-order valence-corrected chi connectivity index (χ0v) is 8.95. The van der Waals surface area contributed by atoms with Crippen LogP contribution in [-0.2, 0) is 6.42 Å². The molecule has 0 saturated heterocycles. The van der Waals surface area contributed by atoms with Crippen molar-refractivity contribution >= 4 is 10.8 Å². The molecule has 0 aliphatic carbocycles. The molecular weight excluding hydrogens is 180 g/mol. The molecule has 0 spiro atoms. The highest BCUT2D eigenvalue weighted by atomic mass is 14.0. The van der Waals surface area contributed by atoms with Gasteiger partial charge >= 0.3 is 0 Å². The van der Waals surface area contributed by atoms with E-state index in [2.05, 4.69) is 49.0 Å². The van der Waals surface area contributed by atoms with E-state index in [1.165, 1.54) is 22.8 Å². The molecule has 0 radical (unpaired) electrons. The predicted molar refractivity (Wildman–Crippen MR) is 67.1 cm³/mol. The first kappa shape index (κ1) is 9.97. The van der Waals surface area contributed by atoms with Crippen molar-refractivity contribution in [3.63, 3.8) is 0 Å². The van der Waals surface area contributed by atoms with Crippen molar-refractivity contribution in [2.45, 2.75) is 19.3 Å². The van der Waals surface area contributed by atoms with E-state index in [0.717, 1.165) is 12.8 Å². The Labute approximate surface area is 91.2 Å². The molecule has 0 bridgehead atoms. The first-order chi connectivity index (χ1) is 7.42. The highest BCUT2D eigenvalue weighted by Gasteiger charge is 1.98. The quantitative estimate of drug-likeness (QED) is 0.504. The Morgan fingerprint density at radius 2 is 1.80 bits per heavy atom. The third-order valence-corrected chi connectivity index (χ3v) is 2.73. The number of fused-ring (bicyclic) bond motifs is 1. The van der Waals surface area contributed by atoms with Crippen LogP contribution in [0.3, 0.4) is 0 Å². The second-order valence-corrected chi connectivity index (χ2v) is 3.82. The van der Waals surface area contributed by atoms with E-state index in [-0.39, 0.29) is 0 Å². The maximum atomic E-state index is 3.75. The van der Waals surface area contributed by atoms with Crippen LogP contribution in [0.1, 0.15) is 18.4 Å². The van der Waals surface area contributed by atoms with E-state index in [9.17, 15) is 0 Å². The zero-order chi connectivity index (χ0) is 10.5. The summed E-state index contributed by atoms with van der Waals surface area (Å²) in [5.41, 5.74) is 1.45. The number of hydrogen-bond acceptors (Lipinski definition) is 0. The van der Waals surface area contributed by atoms with Crippen LogP contribution in [0.4, 0.5) is 0 Å². The van der Waals surface area contributed by atoms with Gasteiger partial charge in [0.15, 0.2) is 0 Å². The molecule has 2 aromatic rings. The Balaban J connectivity index is 2.30. The van der Waals surface area contributed by atoms with E-state index in [1.54, 1.807) is 0 Å². The van der Waals surface area contributed by atoms with Crippen LogP contribution in [0.15, 0.2) is 55.1 Å². The van der Waals surface area contributed by atoms with E-state index >= 15 is 0 Å². The smallest absolute Gasteiger partial charge is 0.0152 e. The summed E-state index contributed by atoms with van der Waals surface area (Å²) in [6.07, 6.45) is 5.43. The van der Waals surface area contributed by atoms with Gasteiger partial charge < -0.3 is 0 Å². The second kappa shape index (κ2) is 4.79. The lowest BCUT2D eigenvalue weighted by Gasteiger charge is -2.05. The van der Waals surface area contributed by atoms with Crippen molar-refractivity contribution in [3.8, 4) is 0 Å². The van der Waals surface area contributed by atoms with Crippen LogP contribution in [-0.4, -0.2) is 0 Å². The average Bonchev–Trinajstić information content (AvgIpc) is 2.30. The molecule has 0 N–H and O–H groups in total. The van der Waals surface area contributed by atoms with Crippen molar-refractivity contribution < 1.29 is 0 Å². The summed E-state index contributed by atoms with van der Waals surface area (Å²) in [7, 11) is 0. The Hall–Kier alpha value is -1.56. The maximum Gasteiger partial charge on any atom is -0.0152 e. The highest BCUT2D eigenvalue weighted by molar-refractivity contribution is 5.85. The van der Waals surface area contributed by atoms with Crippen LogP contribution in [0.25, 0.3) is 10.8 Å². The van der Waals surface area contributed by atoms with E-state index in [0.29, 0.717) is 0 Å². The monoisotopic (exact) mass is 196 g/mol. The van der Waals surface area contributed by atoms with Gasteiger partial charge in [0.25, 0.3) is 0 Å². The first-order valence-corrected chi connectivity index (χ1v) is 5.49. The third-order valence-electron chi connectivity index (χ3n) is 2.73. The standard InChI is InChI=1S/C15H16/c1-2-3-4-8-13-10-7-11-14-9-5-6-12-15(13)14/h2,5-7,9-12H,1,3-4,8H2. The van der Waals surface area contributed by atoms with Gasteiger partial charge in [-0.1, -0.05) is 48.5 Å². The normalized spacial score (nSPS) is 10.4. The number of unbranched alkanes of at least 4 members (excludes halogenated alkanes) is 1. The summed E-state index contributed by atoms with van der Waals surface area (Å²) in [5.74, 6) is 0. The summed E-state index contributed by atoms with van der Waals surface area (Å²) >= 11 is 0. The van der Waals surface area contributed by atoms with Crippen molar-refractivity contribution in [3.05, 3.63) is 60.7 Å². The first-order valence-electron chi connectivity index (χ1n) is 5.49. The van der Waals surface area contributed by atoms with Crippen LogP contribution in [0.5, 0.6) is 0 Å². The van der Waals surface area contributed by atoms with Crippen LogP contribution >= 0.6 is 0 Å². The van der Waals surface area contributed by atoms with Crippen molar-refractivity contribution in [2.24, 2.45) is 0 Å². The SMILES string of the molecule is C=CCCCc1cccc2ccccc12. The van der Waals surface area contributed by atoms with Crippen LogP contribution in [0, 0.1) is 0 Å². The van der Waals surface area contributed by atoms with Gasteiger partial charge in [0.05, 0.1) is 0 Å². The minimum atomic E-state index is 1.10. The topological polar surface area (TPSA) is 0 Å². The van der Waals surface area contributed by atoms with Gasteiger partial charge in [-0.05, 0) is 35.6 Å². The molecule has 15 heavy (non-hydrogen) atoms. The van der Waals surface area contributed by atoms with E-state index < -0.39 is 0 Å². The molecule has 0 heteroatoms. The largest absolute Gasteiger partial charge is 0.103 e. The molecular formula is C15H16. The third kappa shape index (κ3) is 2.27. The molecule has 76 valence electrons. The molecule has 0 fully saturated rings. The summed E-state index contributed by atoms with van der Waals surface area (Å²) in [6, 6.07) is 15.1. The lowest BCUT2D eigenvalue weighted by atomic mass is 10.0. The van der Waals surface area contributed by atoms with Gasteiger partial charge in [-0.15, -0.1) is 6.58 Å². The molecule has 0 aliphatic rings. The molecule has 2 aromatic carbocycles. The molecule has 0 aliphatic heterocycles. The molecule has 0 saturated carbocycles. The molecule has 0 heterocycles. The number of hydrogen-bond donors (Lipinski definition) is 0. The summed E-state index contributed by atoms with van der Waals surface area (Å²) in [5, 5.41) is 2.73. The van der Waals surface area contributed by atoms with Gasteiger partial charge in [-0.2, -0.15) is 0 Å². The van der Waals surface area contributed by atoms with Crippen molar-refractivity contribution in [1.82, 2.24) is 0 Å².